The Kier molecular flexibility index (Phi) is 6.21. The molecule has 0 saturated carbocycles. The fraction of sp³-hybridized carbons (Fsp3) is 0.429. The molecule has 2 heterocycles. The van der Waals surface area contributed by atoms with Crippen LogP contribution in [0.1, 0.15) is 48.5 Å². The number of piperidine rings is 1. The number of nitrogens with one attached hydrogen (secondary N) is 1. The smallest absolute Gasteiger partial charge is 0.252 e. The zero-order valence-corrected chi connectivity index (χ0v) is 15.2. The van der Waals surface area contributed by atoms with Gasteiger partial charge in [0.25, 0.3) is 5.91 Å². The van der Waals surface area contributed by atoms with Gasteiger partial charge < -0.3 is 10.2 Å². The standard InChI is InChI=1S/C21H26FN3O/c1-2-18-8-5-6-14-25(18)20-11-10-17(15-24-20)21(26)23-13-12-16-7-3-4-9-19(16)22/h3-4,7,9-11,15,18H,2,5-6,8,12-14H2,1H3,(H,23,26). The zero-order valence-electron chi connectivity index (χ0n) is 15.2. The van der Waals surface area contributed by atoms with Crippen molar-refractivity contribution in [3.05, 3.63) is 59.5 Å². The fourth-order valence-electron chi connectivity index (χ4n) is 3.53. The number of hydrogen-bond acceptors (Lipinski definition) is 3. The van der Waals surface area contributed by atoms with Crippen LogP contribution in [0.2, 0.25) is 0 Å². The number of aromatic nitrogens is 1. The maximum Gasteiger partial charge on any atom is 0.252 e. The minimum absolute atomic E-state index is 0.175. The number of pyridine rings is 1. The number of carbonyl (C=O) groups is 1. The van der Waals surface area contributed by atoms with Crippen molar-refractivity contribution in [3.63, 3.8) is 0 Å². The second-order valence-electron chi connectivity index (χ2n) is 6.75. The van der Waals surface area contributed by atoms with Gasteiger partial charge in [0, 0.05) is 25.3 Å². The van der Waals surface area contributed by atoms with Crippen molar-refractivity contribution >= 4 is 11.7 Å². The van der Waals surface area contributed by atoms with E-state index in [9.17, 15) is 9.18 Å². The van der Waals surface area contributed by atoms with Gasteiger partial charge in [-0.2, -0.15) is 0 Å². The highest BCUT2D eigenvalue weighted by atomic mass is 19.1. The van der Waals surface area contributed by atoms with Crippen molar-refractivity contribution in [2.75, 3.05) is 18.0 Å². The molecule has 138 valence electrons. The molecule has 2 aromatic rings. The number of anilines is 1. The first kappa shape index (κ1) is 18.4. The van der Waals surface area contributed by atoms with E-state index in [-0.39, 0.29) is 11.7 Å². The summed E-state index contributed by atoms with van der Waals surface area (Å²) >= 11 is 0. The summed E-state index contributed by atoms with van der Waals surface area (Å²) in [6.45, 7) is 3.63. The lowest BCUT2D eigenvalue weighted by Gasteiger charge is -2.36. The van der Waals surface area contributed by atoms with Crippen LogP contribution < -0.4 is 10.2 Å². The molecule has 0 spiro atoms. The van der Waals surface area contributed by atoms with E-state index in [1.54, 1.807) is 24.4 Å². The molecule has 0 radical (unpaired) electrons. The number of hydrogen-bond donors (Lipinski definition) is 1. The van der Waals surface area contributed by atoms with Gasteiger partial charge in [-0.1, -0.05) is 25.1 Å². The molecule has 4 nitrogen and oxygen atoms in total. The summed E-state index contributed by atoms with van der Waals surface area (Å²) in [5.41, 5.74) is 1.14. The SMILES string of the molecule is CCC1CCCCN1c1ccc(C(=O)NCCc2ccccc2F)cn1. The molecule has 0 aliphatic carbocycles. The molecule has 1 atom stereocenters. The van der Waals surface area contributed by atoms with Crippen LogP contribution in [-0.4, -0.2) is 30.0 Å². The van der Waals surface area contributed by atoms with E-state index in [1.165, 1.54) is 25.3 Å². The predicted octanol–water partition coefficient (Wildman–Crippen LogP) is 3.96. The maximum absolute atomic E-state index is 13.6. The second-order valence-corrected chi connectivity index (χ2v) is 6.75. The summed E-state index contributed by atoms with van der Waals surface area (Å²) in [6, 6.07) is 10.9. The third-order valence-corrected chi connectivity index (χ3v) is 5.04. The topological polar surface area (TPSA) is 45.2 Å². The minimum Gasteiger partial charge on any atom is -0.354 e. The highest BCUT2D eigenvalue weighted by Gasteiger charge is 2.22. The van der Waals surface area contributed by atoms with E-state index in [0.717, 1.165) is 18.8 Å². The lowest BCUT2D eigenvalue weighted by Crippen LogP contribution is -2.39. The molecular weight excluding hydrogens is 329 g/mol. The summed E-state index contributed by atoms with van der Waals surface area (Å²) in [5.74, 6) is 0.533. The fourth-order valence-corrected chi connectivity index (χ4v) is 3.53. The summed E-state index contributed by atoms with van der Waals surface area (Å²) < 4.78 is 13.6. The molecule has 26 heavy (non-hydrogen) atoms. The predicted molar refractivity (Wildman–Crippen MR) is 102 cm³/mol. The van der Waals surface area contributed by atoms with Gasteiger partial charge in [-0.05, 0) is 55.9 Å². The Morgan fingerprint density at radius 2 is 2.12 bits per heavy atom. The Morgan fingerprint density at radius 1 is 1.27 bits per heavy atom. The highest BCUT2D eigenvalue weighted by molar-refractivity contribution is 5.94. The zero-order chi connectivity index (χ0) is 18.4. The lowest BCUT2D eigenvalue weighted by molar-refractivity contribution is 0.0953. The lowest BCUT2D eigenvalue weighted by atomic mass is 10.00. The van der Waals surface area contributed by atoms with Crippen LogP contribution in [0.4, 0.5) is 10.2 Å². The molecule has 1 aromatic heterocycles. The first-order valence-electron chi connectivity index (χ1n) is 9.43. The molecule has 1 aliphatic rings. The van der Waals surface area contributed by atoms with E-state index in [1.807, 2.05) is 12.1 Å². The number of rotatable bonds is 6. The van der Waals surface area contributed by atoms with Crippen LogP contribution in [0.25, 0.3) is 0 Å². The molecule has 1 N–H and O–H groups in total. The van der Waals surface area contributed by atoms with Crippen LogP contribution in [0.3, 0.4) is 0 Å². The molecule has 0 bridgehead atoms. The Bertz CT molecular complexity index is 732. The van der Waals surface area contributed by atoms with E-state index < -0.39 is 0 Å². The summed E-state index contributed by atoms with van der Waals surface area (Å²) in [7, 11) is 0. The molecule has 1 aliphatic heterocycles. The van der Waals surface area contributed by atoms with Crippen molar-refractivity contribution in [1.82, 2.24) is 10.3 Å². The number of amides is 1. The highest BCUT2D eigenvalue weighted by Crippen LogP contribution is 2.24. The molecule has 5 heteroatoms. The van der Waals surface area contributed by atoms with E-state index in [2.05, 4.69) is 22.1 Å². The van der Waals surface area contributed by atoms with Crippen molar-refractivity contribution in [1.29, 1.82) is 0 Å². The molecule has 1 aromatic carbocycles. The van der Waals surface area contributed by atoms with Crippen LogP contribution in [-0.2, 0) is 6.42 Å². The van der Waals surface area contributed by atoms with Crippen LogP contribution >= 0.6 is 0 Å². The molecule has 1 unspecified atom stereocenters. The summed E-state index contributed by atoms with van der Waals surface area (Å²) in [4.78, 5) is 19.1. The van der Waals surface area contributed by atoms with Crippen LogP contribution in [0.15, 0.2) is 42.6 Å². The van der Waals surface area contributed by atoms with E-state index in [0.29, 0.717) is 30.1 Å². The van der Waals surface area contributed by atoms with Gasteiger partial charge in [-0.3, -0.25) is 4.79 Å². The van der Waals surface area contributed by atoms with Crippen molar-refractivity contribution in [2.24, 2.45) is 0 Å². The van der Waals surface area contributed by atoms with Gasteiger partial charge in [0.05, 0.1) is 5.56 Å². The Hall–Kier alpha value is -2.43. The molecule has 1 fully saturated rings. The first-order valence-corrected chi connectivity index (χ1v) is 9.43. The van der Waals surface area contributed by atoms with Gasteiger partial charge in [-0.25, -0.2) is 9.37 Å². The molecular formula is C21H26FN3O. The Morgan fingerprint density at radius 3 is 2.85 bits per heavy atom. The van der Waals surface area contributed by atoms with Gasteiger partial charge in [0.15, 0.2) is 0 Å². The summed E-state index contributed by atoms with van der Waals surface area (Å²) in [5, 5.41) is 2.83. The number of carbonyl (C=O) groups excluding carboxylic acids is 1. The summed E-state index contributed by atoms with van der Waals surface area (Å²) in [6.07, 6.45) is 6.88. The monoisotopic (exact) mass is 355 g/mol. The molecule has 3 rings (SSSR count). The van der Waals surface area contributed by atoms with Crippen molar-refractivity contribution in [2.45, 2.75) is 45.1 Å². The quantitative estimate of drug-likeness (QED) is 0.853. The Labute approximate surface area is 154 Å². The minimum atomic E-state index is -0.236. The third kappa shape index (κ3) is 4.40. The molecule has 1 saturated heterocycles. The number of benzene rings is 1. The number of halogens is 1. The van der Waals surface area contributed by atoms with Gasteiger partial charge >= 0.3 is 0 Å². The number of nitrogens with zero attached hydrogens (tertiary/aromatic N) is 2. The Balaban J connectivity index is 1.56. The van der Waals surface area contributed by atoms with Gasteiger partial charge in [0.2, 0.25) is 0 Å². The van der Waals surface area contributed by atoms with Gasteiger partial charge in [0.1, 0.15) is 11.6 Å². The average molecular weight is 355 g/mol. The second kappa shape index (κ2) is 8.79. The maximum atomic E-state index is 13.6. The normalized spacial score (nSPS) is 17.2. The van der Waals surface area contributed by atoms with Crippen molar-refractivity contribution < 1.29 is 9.18 Å². The van der Waals surface area contributed by atoms with Crippen LogP contribution in [0, 0.1) is 5.82 Å². The van der Waals surface area contributed by atoms with E-state index >= 15 is 0 Å². The molecule has 1 amide bonds. The average Bonchev–Trinajstić information content (AvgIpc) is 2.69. The first-order chi connectivity index (χ1) is 12.7. The van der Waals surface area contributed by atoms with E-state index in [4.69, 9.17) is 0 Å². The third-order valence-electron chi connectivity index (χ3n) is 5.04. The largest absolute Gasteiger partial charge is 0.354 e. The van der Waals surface area contributed by atoms with Crippen molar-refractivity contribution in [3.8, 4) is 0 Å². The van der Waals surface area contributed by atoms with Gasteiger partial charge in [-0.15, -0.1) is 0 Å². The van der Waals surface area contributed by atoms with Crippen LogP contribution in [0.5, 0.6) is 0 Å².